The third-order valence-corrected chi connectivity index (χ3v) is 5.94. The molecule has 1 aliphatic carbocycles. The van der Waals surface area contributed by atoms with E-state index in [2.05, 4.69) is 35.8 Å². The van der Waals surface area contributed by atoms with E-state index in [4.69, 9.17) is 4.52 Å². The molecule has 1 aromatic rings. The molecule has 1 saturated carbocycles. The van der Waals surface area contributed by atoms with Crippen LogP contribution in [0.2, 0.25) is 0 Å². The fourth-order valence-electron chi connectivity index (χ4n) is 4.55. The van der Waals surface area contributed by atoms with Gasteiger partial charge in [0.05, 0.1) is 0 Å². The van der Waals surface area contributed by atoms with Gasteiger partial charge in [-0.1, -0.05) is 32.3 Å². The third kappa shape index (κ3) is 3.39. The summed E-state index contributed by atoms with van der Waals surface area (Å²) in [5.74, 6) is 2.74. The quantitative estimate of drug-likeness (QED) is 0.831. The van der Waals surface area contributed by atoms with Gasteiger partial charge >= 0.3 is 6.01 Å². The first-order chi connectivity index (χ1) is 11.1. The normalized spacial score (nSPS) is 28.6. The molecule has 2 atom stereocenters. The lowest BCUT2D eigenvalue weighted by Crippen LogP contribution is -2.35. The van der Waals surface area contributed by atoms with Crippen molar-refractivity contribution in [3.63, 3.8) is 0 Å². The van der Waals surface area contributed by atoms with Gasteiger partial charge < -0.3 is 14.5 Å². The average Bonchev–Trinajstić information content (AvgIpc) is 3.02. The maximum atomic E-state index is 9.39. The number of anilines is 1. The summed E-state index contributed by atoms with van der Waals surface area (Å²) in [5, 5.41) is 13.5. The summed E-state index contributed by atoms with van der Waals surface area (Å²) in [5.41, 5.74) is 0.450. The van der Waals surface area contributed by atoms with Crippen molar-refractivity contribution >= 4 is 6.01 Å². The molecule has 0 aromatic carbocycles. The highest BCUT2D eigenvalue weighted by atomic mass is 16.5. The van der Waals surface area contributed by atoms with Gasteiger partial charge in [-0.3, -0.25) is 0 Å². The van der Waals surface area contributed by atoms with E-state index in [-0.39, 0.29) is 0 Å². The Morgan fingerprint density at radius 3 is 2.61 bits per heavy atom. The molecule has 0 amide bonds. The zero-order chi connectivity index (χ0) is 16.4. The molecule has 2 heterocycles. The maximum Gasteiger partial charge on any atom is 0.324 e. The molecule has 1 aliphatic heterocycles. The summed E-state index contributed by atoms with van der Waals surface area (Å²) >= 11 is 0. The van der Waals surface area contributed by atoms with E-state index in [9.17, 15) is 5.11 Å². The van der Waals surface area contributed by atoms with Crippen LogP contribution in [0.25, 0.3) is 0 Å². The standard InChI is InChI=1S/C18H31N3O2/c1-4-7-18(8-11-22)12-15(18)14-5-9-21(10-6-14)17-19-16(13(2)3)20-23-17/h13-15,22H,4-12H2,1-3H3. The molecule has 2 fully saturated rings. The van der Waals surface area contributed by atoms with Gasteiger partial charge in [-0.05, 0) is 49.4 Å². The first-order valence-corrected chi connectivity index (χ1v) is 9.29. The molecule has 2 unspecified atom stereocenters. The largest absolute Gasteiger partial charge is 0.396 e. The molecule has 1 N–H and O–H groups in total. The van der Waals surface area contributed by atoms with Crippen molar-refractivity contribution < 1.29 is 9.63 Å². The van der Waals surface area contributed by atoms with Crippen molar-refractivity contribution in [2.24, 2.45) is 17.3 Å². The molecular weight excluding hydrogens is 290 g/mol. The van der Waals surface area contributed by atoms with Crippen LogP contribution in [0.4, 0.5) is 6.01 Å². The number of aliphatic hydroxyl groups excluding tert-OH is 1. The van der Waals surface area contributed by atoms with Gasteiger partial charge in [-0.25, -0.2) is 0 Å². The topological polar surface area (TPSA) is 62.4 Å². The van der Waals surface area contributed by atoms with Crippen LogP contribution >= 0.6 is 0 Å². The Morgan fingerprint density at radius 2 is 2.04 bits per heavy atom. The van der Waals surface area contributed by atoms with Crippen LogP contribution in [0, 0.1) is 17.3 Å². The van der Waals surface area contributed by atoms with Crippen molar-refractivity contribution in [3.8, 4) is 0 Å². The zero-order valence-electron chi connectivity index (χ0n) is 14.8. The molecule has 23 heavy (non-hydrogen) atoms. The van der Waals surface area contributed by atoms with E-state index in [0.717, 1.165) is 37.2 Å². The minimum atomic E-state index is 0.310. The number of hydrogen-bond donors (Lipinski definition) is 1. The Morgan fingerprint density at radius 1 is 1.30 bits per heavy atom. The number of piperidine rings is 1. The predicted molar refractivity (Wildman–Crippen MR) is 90.5 cm³/mol. The summed E-state index contributed by atoms with van der Waals surface area (Å²) in [4.78, 5) is 6.76. The smallest absolute Gasteiger partial charge is 0.324 e. The van der Waals surface area contributed by atoms with Crippen LogP contribution in [0.15, 0.2) is 4.52 Å². The summed E-state index contributed by atoms with van der Waals surface area (Å²) in [6, 6.07) is 0.693. The number of aromatic nitrogens is 2. The maximum absolute atomic E-state index is 9.39. The Labute approximate surface area is 139 Å². The van der Waals surface area contributed by atoms with Crippen LogP contribution in [-0.4, -0.2) is 34.9 Å². The van der Waals surface area contributed by atoms with Gasteiger partial charge in [0.2, 0.25) is 0 Å². The molecular formula is C18H31N3O2. The zero-order valence-corrected chi connectivity index (χ0v) is 14.8. The number of aliphatic hydroxyl groups is 1. The van der Waals surface area contributed by atoms with Crippen LogP contribution < -0.4 is 4.90 Å². The molecule has 5 heteroatoms. The number of rotatable bonds is 7. The lowest BCUT2D eigenvalue weighted by atomic mass is 9.84. The highest BCUT2D eigenvalue weighted by Crippen LogP contribution is 2.63. The predicted octanol–water partition coefficient (Wildman–Crippen LogP) is 3.60. The molecule has 1 saturated heterocycles. The molecule has 130 valence electrons. The van der Waals surface area contributed by atoms with Gasteiger partial charge in [0, 0.05) is 25.6 Å². The minimum absolute atomic E-state index is 0.310. The summed E-state index contributed by atoms with van der Waals surface area (Å²) in [6.07, 6.45) is 7.24. The Bertz CT molecular complexity index is 500. The molecule has 0 spiro atoms. The summed E-state index contributed by atoms with van der Waals surface area (Å²) in [6.45, 7) is 8.81. The van der Waals surface area contributed by atoms with Gasteiger partial charge in [0.1, 0.15) is 0 Å². The van der Waals surface area contributed by atoms with Gasteiger partial charge in [-0.15, -0.1) is 0 Å². The third-order valence-electron chi connectivity index (χ3n) is 5.94. The average molecular weight is 321 g/mol. The Balaban J connectivity index is 1.54. The Kier molecular flexibility index (Phi) is 4.95. The van der Waals surface area contributed by atoms with Crippen LogP contribution in [0.3, 0.4) is 0 Å². The van der Waals surface area contributed by atoms with Crippen LogP contribution in [-0.2, 0) is 0 Å². The second-order valence-electron chi connectivity index (χ2n) is 7.81. The van der Waals surface area contributed by atoms with Crippen molar-refractivity contribution in [1.29, 1.82) is 0 Å². The first kappa shape index (κ1) is 16.7. The van der Waals surface area contributed by atoms with Crippen molar-refractivity contribution in [2.45, 2.75) is 65.2 Å². The van der Waals surface area contributed by atoms with Gasteiger partial charge in [0.15, 0.2) is 5.82 Å². The fourth-order valence-corrected chi connectivity index (χ4v) is 4.55. The van der Waals surface area contributed by atoms with Crippen molar-refractivity contribution in [2.75, 3.05) is 24.6 Å². The molecule has 3 rings (SSSR count). The van der Waals surface area contributed by atoms with E-state index in [1.807, 2.05) is 0 Å². The molecule has 2 aliphatic rings. The fraction of sp³-hybridized carbons (Fsp3) is 0.889. The summed E-state index contributed by atoms with van der Waals surface area (Å²) < 4.78 is 5.43. The molecule has 1 aromatic heterocycles. The molecule has 0 bridgehead atoms. The van der Waals surface area contributed by atoms with E-state index >= 15 is 0 Å². The SMILES string of the molecule is CCCC1(CCO)CC1C1CCN(c2nc(C(C)C)no2)CC1. The van der Waals surface area contributed by atoms with E-state index in [1.165, 1.54) is 32.1 Å². The lowest BCUT2D eigenvalue weighted by Gasteiger charge is -2.32. The second-order valence-corrected chi connectivity index (χ2v) is 7.81. The highest BCUT2D eigenvalue weighted by Gasteiger charge is 2.55. The number of nitrogens with zero attached hydrogens (tertiary/aromatic N) is 3. The van der Waals surface area contributed by atoms with Crippen LogP contribution in [0.5, 0.6) is 0 Å². The van der Waals surface area contributed by atoms with E-state index in [0.29, 0.717) is 24.0 Å². The highest BCUT2D eigenvalue weighted by molar-refractivity contribution is 5.26. The monoisotopic (exact) mass is 321 g/mol. The summed E-state index contributed by atoms with van der Waals surface area (Å²) in [7, 11) is 0. The van der Waals surface area contributed by atoms with E-state index in [1.54, 1.807) is 0 Å². The molecule has 5 nitrogen and oxygen atoms in total. The first-order valence-electron chi connectivity index (χ1n) is 9.29. The second kappa shape index (κ2) is 6.80. The van der Waals surface area contributed by atoms with Gasteiger partial charge in [-0.2, -0.15) is 4.98 Å². The van der Waals surface area contributed by atoms with Crippen LogP contribution in [0.1, 0.15) is 71.0 Å². The van der Waals surface area contributed by atoms with Crippen molar-refractivity contribution in [1.82, 2.24) is 10.1 Å². The minimum Gasteiger partial charge on any atom is -0.396 e. The molecule has 0 radical (unpaired) electrons. The Hall–Kier alpha value is -1.10. The van der Waals surface area contributed by atoms with E-state index < -0.39 is 0 Å². The van der Waals surface area contributed by atoms with Crippen molar-refractivity contribution in [3.05, 3.63) is 5.82 Å². The number of hydrogen-bond acceptors (Lipinski definition) is 5. The lowest BCUT2D eigenvalue weighted by molar-refractivity contribution is 0.210. The van der Waals surface area contributed by atoms with Gasteiger partial charge in [0.25, 0.3) is 0 Å².